The van der Waals surface area contributed by atoms with Crippen molar-refractivity contribution in [2.45, 2.75) is 69.7 Å². The molecule has 0 bridgehead atoms. The minimum absolute atomic E-state index is 0.147. The standard InChI is InChI=1S/C27H39FN2O2S/c1-20-18-29-25-8-7-21(32-2)17-23(25)26(20)24(28)9-10-27(19-31)11-13-30(14-12-27)15-16-33-22-5-3-4-6-22/h7-8,17-18,22,24,31H,3-6,9-16,19H2,1-2H3. The number of aryl methyl sites for hydroxylation is 1. The quantitative estimate of drug-likeness (QED) is 0.451. The van der Waals surface area contributed by atoms with Gasteiger partial charge in [-0.05, 0) is 93.3 Å². The van der Waals surface area contributed by atoms with Crippen molar-refractivity contribution in [1.29, 1.82) is 0 Å². The fraction of sp³-hybridized carbons (Fsp3) is 0.667. The minimum Gasteiger partial charge on any atom is -0.497 e. The van der Waals surface area contributed by atoms with Crippen molar-refractivity contribution in [2.24, 2.45) is 5.41 Å². The van der Waals surface area contributed by atoms with E-state index in [1.807, 2.05) is 25.1 Å². The van der Waals surface area contributed by atoms with Crippen LogP contribution in [0.5, 0.6) is 5.75 Å². The Labute approximate surface area is 202 Å². The van der Waals surface area contributed by atoms with Gasteiger partial charge < -0.3 is 14.7 Å². The van der Waals surface area contributed by atoms with Gasteiger partial charge in [0.15, 0.2) is 0 Å². The highest BCUT2D eigenvalue weighted by atomic mass is 32.2. The summed E-state index contributed by atoms with van der Waals surface area (Å²) in [7, 11) is 1.63. The summed E-state index contributed by atoms with van der Waals surface area (Å²) in [6.07, 6.45) is 9.31. The van der Waals surface area contributed by atoms with E-state index >= 15 is 4.39 Å². The second-order valence-electron chi connectivity index (χ2n) is 10.0. The number of aliphatic hydroxyl groups is 1. The lowest BCUT2D eigenvalue weighted by Crippen LogP contribution is -2.43. The smallest absolute Gasteiger partial charge is 0.126 e. The van der Waals surface area contributed by atoms with Crippen LogP contribution in [0.4, 0.5) is 4.39 Å². The Bertz CT molecular complexity index is 910. The van der Waals surface area contributed by atoms with Gasteiger partial charge in [-0.3, -0.25) is 4.98 Å². The topological polar surface area (TPSA) is 45.6 Å². The van der Waals surface area contributed by atoms with Gasteiger partial charge in [0, 0.05) is 35.7 Å². The molecule has 1 atom stereocenters. The van der Waals surface area contributed by atoms with E-state index < -0.39 is 6.17 Å². The third kappa shape index (κ3) is 6.01. The Morgan fingerprint density at radius 2 is 2.03 bits per heavy atom. The molecule has 2 heterocycles. The number of hydrogen-bond acceptors (Lipinski definition) is 5. The molecule has 1 N–H and O–H groups in total. The molecule has 0 amide bonds. The molecule has 2 aliphatic rings. The highest BCUT2D eigenvalue weighted by molar-refractivity contribution is 7.99. The molecule has 4 rings (SSSR count). The largest absolute Gasteiger partial charge is 0.497 e. The van der Waals surface area contributed by atoms with Crippen molar-refractivity contribution in [3.05, 3.63) is 35.5 Å². The number of hydrogen-bond donors (Lipinski definition) is 1. The Kier molecular flexibility index (Phi) is 8.53. The summed E-state index contributed by atoms with van der Waals surface area (Å²) < 4.78 is 21.0. The lowest BCUT2D eigenvalue weighted by molar-refractivity contribution is 0.0322. The molecule has 1 aliphatic heterocycles. The van der Waals surface area contributed by atoms with E-state index in [4.69, 9.17) is 4.74 Å². The zero-order chi connectivity index (χ0) is 23.3. The number of methoxy groups -OCH3 is 1. The van der Waals surface area contributed by atoms with Crippen LogP contribution in [0.1, 0.15) is 68.7 Å². The number of halogens is 1. The van der Waals surface area contributed by atoms with E-state index in [-0.39, 0.29) is 12.0 Å². The lowest BCUT2D eigenvalue weighted by atomic mass is 9.74. The average molecular weight is 475 g/mol. The van der Waals surface area contributed by atoms with Gasteiger partial charge in [-0.15, -0.1) is 0 Å². The van der Waals surface area contributed by atoms with Gasteiger partial charge in [0.05, 0.1) is 12.6 Å². The third-order valence-electron chi connectivity index (χ3n) is 7.87. The van der Waals surface area contributed by atoms with Gasteiger partial charge in [-0.1, -0.05) is 12.8 Å². The molecule has 2 aromatic rings. The van der Waals surface area contributed by atoms with Crippen molar-refractivity contribution < 1.29 is 14.2 Å². The number of nitrogens with zero attached hydrogens (tertiary/aromatic N) is 2. The highest BCUT2D eigenvalue weighted by Gasteiger charge is 2.35. The first-order valence-corrected chi connectivity index (χ1v) is 13.6. The second kappa shape index (κ2) is 11.4. The Morgan fingerprint density at radius 3 is 2.73 bits per heavy atom. The molecule has 2 fully saturated rings. The number of pyridine rings is 1. The molecule has 1 unspecified atom stereocenters. The molecule has 1 aromatic carbocycles. The molecule has 182 valence electrons. The zero-order valence-corrected chi connectivity index (χ0v) is 21.0. The number of aliphatic hydroxyl groups excluding tert-OH is 1. The van der Waals surface area contributed by atoms with Crippen LogP contribution in [-0.2, 0) is 0 Å². The Morgan fingerprint density at radius 1 is 1.27 bits per heavy atom. The summed E-state index contributed by atoms with van der Waals surface area (Å²) in [6.45, 7) is 5.23. The van der Waals surface area contributed by atoms with Crippen LogP contribution in [0.3, 0.4) is 0 Å². The van der Waals surface area contributed by atoms with E-state index in [0.717, 1.165) is 54.2 Å². The zero-order valence-electron chi connectivity index (χ0n) is 20.2. The number of fused-ring (bicyclic) bond motifs is 1. The molecule has 1 aromatic heterocycles. The van der Waals surface area contributed by atoms with Crippen molar-refractivity contribution in [3.8, 4) is 5.75 Å². The molecular formula is C27H39FN2O2S. The van der Waals surface area contributed by atoms with E-state index in [0.29, 0.717) is 24.2 Å². The van der Waals surface area contributed by atoms with Crippen molar-refractivity contribution in [1.82, 2.24) is 9.88 Å². The van der Waals surface area contributed by atoms with Crippen LogP contribution in [0, 0.1) is 12.3 Å². The summed E-state index contributed by atoms with van der Waals surface area (Å²) in [6, 6.07) is 5.64. The first-order chi connectivity index (χ1) is 16.0. The van der Waals surface area contributed by atoms with E-state index in [1.165, 1.54) is 31.4 Å². The molecule has 1 saturated carbocycles. The van der Waals surface area contributed by atoms with Crippen LogP contribution in [0.25, 0.3) is 10.9 Å². The minimum atomic E-state index is -1.08. The maximum atomic E-state index is 15.7. The summed E-state index contributed by atoms with van der Waals surface area (Å²) in [5, 5.41) is 12.0. The average Bonchev–Trinajstić information content (AvgIpc) is 3.36. The van der Waals surface area contributed by atoms with Crippen LogP contribution in [-0.4, -0.2) is 59.3 Å². The predicted octanol–water partition coefficient (Wildman–Crippen LogP) is 6.09. The number of piperidine rings is 1. The van der Waals surface area contributed by atoms with Crippen molar-refractivity contribution in [2.75, 3.05) is 39.1 Å². The molecule has 33 heavy (non-hydrogen) atoms. The lowest BCUT2D eigenvalue weighted by Gasteiger charge is -2.41. The van der Waals surface area contributed by atoms with Crippen LogP contribution in [0.2, 0.25) is 0 Å². The van der Waals surface area contributed by atoms with Crippen LogP contribution >= 0.6 is 11.8 Å². The molecule has 1 aliphatic carbocycles. The normalized spacial score (nSPS) is 20.4. The van der Waals surface area contributed by atoms with Crippen LogP contribution < -0.4 is 4.74 Å². The van der Waals surface area contributed by atoms with Gasteiger partial charge in [0.1, 0.15) is 11.9 Å². The Balaban J connectivity index is 1.33. The fourth-order valence-electron chi connectivity index (χ4n) is 5.55. The van der Waals surface area contributed by atoms with E-state index in [1.54, 1.807) is 13.3 Å². The SMILES string of the molecule is COc1ccc2ncc(C)c(C(F)CCC3(CO)CCN(CCSC4CCCC4)CC3)c2c1. The number of likely N-dealkylation sites (tertiary alicyclic amines) is 1. The summed E-state index contributed by atoms with van der Waals surface area (Å²) >= 11 is 2.15. The van der Waals surface area contributed by atoms with Gasteiger partial charge >= 0.3 is 0 Å². The van der Waals surface area contributed by atoms with Crippen molar-refractivity contribution in [3.63, 3.8) is 0 Å². The van der Waals surface area contributed by atoms with E-state index in [2.05, 4.69) is 21.6 Å². The van der Waals surface area contributed by atoms with Gasteiger partial charge in [0.2, 0.25) is 0 Å². The molecule has 6 heteroatoms. The number of ether oxygens (including phenoxy) is 1. The fourth-order valence-corrected chi connectivity index (χ4v) is 6.92. The first kappa shape index (κ1) is 24.7. The summed E-state index contributed by atoms with van der Waals surface area (Å²) in [5.41, 5.74) is 2.22. The molecular weight excluding hydrogens is 435 g/mol. The Hall–Kier alpha value is -1.37. The van der Waals surface area contributed by atoms with Crippen LogP contribution in [0.15, 0.2) is 24.4 Å². The first-order valence-electron chi connectivity index (χ1n) is 12.6. The second-order valence-corrected chi connectivity index (χ2v) is 11.4. The summed E-state index contributed by atoms with van der Waals surface area (Å²) in [5.74, 6) is 1.93. The molecule has 0 radical (unpaired) electrons. The maximum absolute atomic E-state index is 15.7. The van der Waals surface area contributed by atoms with Gasteiger partial charge in [-0.25, -0.2) is 4.39 Å². The van der Waals surface area contributed by atoms with Gasteiger partial charge in [0.25, 0.3) is 0 Å². The third-order valence-corrected chi connectivity index (χ3v) is 9.23. The summed E-state index contributed by atoms with van der Waals surface area (Å²) in [4.78, 5) is 7.00. The van der Waals surface area contributed by atoms with E-state index in [9.17, 15) is 5.11 Å². The molecule has 0 spiro atoms. The predicted molar refractivity (Wildman–Crippen MR) is 136 cm³/mol. The molecule has 1 saturated heterocycles. The number of thioether (sulfide) groups is 1. The number of benzene rings is 1. The number of rotatable bonds is 10. The monoisotopic (exact) mass is 474 g/mol. The van der Waals surface area contributed by atoms with Crippen molar-refractivity contribution >= 4 is 22.7 Å². The maximum Gasteiger partial charge on any atom is 0.126 e. The number of alkyl halides is 1. The van der Waals surface area contributed by atoms with Gasteiger partial charge in [-0.2, -0.15) is 11.8 Å². The number of aromatic nitrogens is 1. The molecule has 4 nitrogen and oxygen atoms in total. The highest BCUT2D eigenvalue weighted by Crippen LogP contribution is 2.41.